The first-order valence-electron chi connectivity index (χ1n) is 8.28. The van der Waals surface area contributed by atoms with Crippen LogP contribution in [0.5, 0.6) is 0 Å². The highest BCUT2D eigenvalue weighted by molar-refractivity contribution is 6.88. The second kappa shape index (κ2) is 12.2. The fraction of sp³-hybridized carbons (Fsp3) is 0.765. The Labute approximate surface area is 146 Å². The van der Waals surface area contributed by atoms with E-state index in [0.29, 0.717) is 24.3 Å². The molecule has 0 aromatic rings. The Morgan fingerprint density at radius 2 is 1.50 bits per heavy atom. The van der Waals surface area contributed by atoms with E-state index in [1.54, 1.807) is 7.11 Å². The lowest BCUT2D eigenvalue weighted by Crippen LogP contribution is -2.36. The molecule has 0 bridgehead atoms. The average molecular weight is 361 g/mol. The molecule has 24 heavy (non-hydrogen) atoms. The third kappa shape index (κ3) is 9.84. The number of ether oxygens (including phenoxy) is 4. The molecule has 0 aliphatic carbocycles. The Morgan fingerprint density at radius 1 is 0.958 bits per heavy atom. The molecule has 0 aromatic carbocycles. The molecule has 7 heteroatoms. The summed E-state index contributed by atoms with van der Waals surface area (Å²) >= 11 is 0. The van der Waals surface area contributed by atoms with Crippen LogP contribution in [0.4, 0.5) is 0 Å². The van der Waals surface area contributed by atoms with Crippen LogP contribution in [0.3, 0.4) is 0 Å². The average Bonchev–Trinajstić information content (AvgIpc) is 2.51. The van der Waals surface area contributed by atoms with Gasteiger partial charge >= 0.3 is 11.9 Å². The molecule has 0 atom stereocenters. The molecule has 0 radical (unpaired) electrons. The number of carbonyl (C=O) groups excluding carboxylic acids is 2. The number of esters is 2. The van der Waals surface area contributed by atoms with Crippen LogP contribution in [0.2, 0.25) is 19.1 Å². The summed E-state index contributed by atoms with van der Waals surface area (Å²) in [5.74, 6) is -0.441. The molecule has 0 N–H and O–H groups in total. The zero-order valence-electron chi connectivity index (χ0n) is 15.8. The van der Waals surface area contributed by atoms with Gasteiger partial charge in [-0.3, -0.25) is 0 Å². The molecule has 0 aromatic heterocycles. The first-order valence-corrected chi connectivity index (χ1v) is 11.5. The van der Waals surface area contributed by atoms with Crippen LogP contribution in [0, 0.1) is 5.92 Å². The molecule has 0 spiro atoms. The van der Waals surface area contributed by atoms with Gasteiger partial charge in [-0.1, -0.05) is 39.4 Å². The summed E-state index contributed by atoms with van der Waals surface area (Å²) in [6.45, 7) is 9.40. The molecule has 0 heterocycles. The maximum Gasteiger partial charge on any atom is 0.330 e. The van der Waals surface area contributed by atoms with Crippen LogP contribution in [-0.4, -0.2) is 60.7 Å². The van der Waals surface area contributed by atoms with Gasteiger partial charge in [0, 0.05) is 25.5 Å². The quantitative estimate of drug-likeness (QED) is 0.231. The first-order chi connectivity index (χ1) is 11.2. The van der Waals surface area contributed by atoms with Crippen molar-refractivity contribution in [2.24, 2.45) is 5.92 Å². The van der Waals surface area contributed by atoms with Crippen molar-refractivity contribution in [3.05, 3.63) is 11.3 Å². The summed E-state index contributed by atoms with van der Waals surface area (Å²) in [6, 6.07) is 0.904. The number of hydrogen-bond acceptors (Lipinski definition) is 6. The topological polar surface area (TPSA) is 71.1 Å². The summed E-state index contributed by atoms with van der Waals surface area (Å²) in [6.07, 6.45) is 2.30. The monoisotopic (exact) mass is 360 g/mol. The number of methoxy groups -OCH3 is 2. The summed E-state index contributed by atoms with van der Waals surface area (Å²) in [4.78, 5) is 24.4. The minimum atomic E-state index is -2.12. The molecule has 0 amide bonds. The second-order valence-electron chi connectivity index (χ2n) is 6.66. The summed E-state index contributed by atoms with van der Waals surface area (Å²) in [5, 5.41) is 0.460. The van der Waals surface area contributed by atoms with Crippen LogP contribution in [0.25, 0.3) is 0 Å². The van der Waals surface area contributed by atoms with Crippen LogP contribution in [0.1, 0.15) is 20.3 Å². The Hall–Kier alpha value is -1.18. The lowest BCUT2D eigenvalue weighted by atomic mass is 10.2. The smallest absolute Gasteiger partial charge is 0.330 e. The van der Waals surface area contributed by atoms with Crippen LogP contribution < -0.4 is 0 Å². The van der Waals surface area contributed by atoms with Gasteiger partial charge in [0.05, 0.1) is 21.3 Å². The SMILES string of the molecule is COCCOC(=O)/C=C(\C(=O)OCCOC)[Si](C)(C)CCC(C)C. The zero-order valence-corrected chi connectivity index (χ0v) is 16.8. The van der Waals surface area contributed by atoms with Gasteiger partial charge < -0.3 is 18.9 Å². The Balaban J connectivity index is 5.11. The number of carbonyl (C=O) groups is 2. The standard InChI is InChI=1S/C17H32O6Si/c1-14(2)7-12-24(5,6)15(17(19)23-11-9-21-4)13-16(18)22-10-8-20-3/h13-14H,7-12H2,1-6H3/b15-13+. The van der Waals surface area contributed by atoms with Gasteiger partial charge in [-0.25, -0.2) is 9.59 Å². The number of rotatable bonds is 12. The summed E-state index contributed by atoms with van der Waals surface area (Å²) < 4.78 is 20.0. The third-order valence-electron chi connectivity index (χ3n) is 3.61. The van der Waals surface area contributed by atoms with E-state index in [9.17, 15) is 9.59 Å². The fourth-order valence-electron chi connectivity index (χ4n) is 2.00. The van der Waals surface area contributed by atoms with Crippen LogP contribution in [0.15, 0.2) is 11.3 Å². The maximum atomic E-state index is 12.4. The van der Waals surface area contributed by atoms with E-state index < -0.39 is 20.0 Å². The van der Waals surface area contributed by atoms with E-state index in [0.717, 1.165) is 12.5 Å². The third-order valence-corrected chi connectivity index (χ3v) is 6.96. The van der Waals surface area contributed by atoms with E-state index >= 15 is 0 Å². The minimum Gasteiger partial charge on any atom is -0.460 e. The van der Waals surface area contributed by atoms with Gasteiger partial charge in [0.25, 0.3) is 0 Å². The maximum absolute atomic E-state index is 12.4. The molecular weight excluding hydrogens is 328 g/mol. The normalized spacial score (nSPS) is 12.4. The van der Waals surface area contributed by atoms with Crippen molar-refractivity contribution in [1.82, 2.24) is 0 Å². The lowest BCUT2D eigenvalue weighted by molar-refractivity contribution is -0.142. The van der Waals surface area contributed by atoms with Gasteiger partial charge in [-0.2, -0.15) is 0 Å². The Bertz CT molecular complexity index is 417. The minimum absolute atomic E-state index is 0.159. The van der Waals surface area contributed by atoms with E-state index in [4.69, 9.17) is 18.9 Å². The second-order valence-corrected chi connectivity index (χ2v) is 11.5. The van der Waals surface area contributed by atoms with Gasteiger partial charge in [0.15, 0.2) is 0 Å². The molecule has 0 aliphatic rings. The molecule has 0 fully saturated rings. The van der Waals surface area contributed by atoms with E-state index in [2.05, 4.69) is 26.9 Å². The molecule has 0 rings (SSSR count). The highest BCUT2D eigenvalue weighted by Gasteiger charge is 2.33. The molecule has 0 aliphatic heterocycles. The predicted octanol–water partition coefficient (Wildman–Crippen LogP) is 2.59. The van der Waals surface area contributed by atoms with Crippen LogP contribution in [-0.2, 0) is 28.5 Å². The Kier molecular flexibility index (Phi) is 11.6. The predicted molar refractivity (Wildman–Crippen MR) is 95.5 cm³/mol. The van der Waals surface area contributed by atoms with Crippen LogP contribution >= 0.6 is 0 Å². The van der Waals surface area contributed by atoms with E-state index in [-0.39, 0.29) is 13.2 Å². The van der Waals surface area contributed by atoms with Gasteiger partial charge in [0.1, 0.15) is 13.2 Å². The zero-order chi connectivity index (χ0) is 18.6. The Morgan fingerprint density at radius 3 is 2.00 bits per heavy atom. The van der Waals surface area contributed by atoms with Crippen molar-refractivity contribution >= 4 is 20.0 Å². The first kappa shape index (κ1) is 22.8. The fourth-order valence-corrected chi connectivity index (χ4v) is 4.70. The molecule has 0 saturated heterocycles. The molecule has 0 saturated carbocycles. The number of hydrogen-bond donors (Lipinski definition) is 0. The largest absolute Gasteiger partial charge is 0.460 e. The van der Waals surface area contributed by atoms with Crippen molar-refractivity contribution in [2.75, 3.05) is 40.6 Å². The van der Waals surface area contributed by atoms with Gasteiger partial charge in [-0.15, -0.1) is 0 Å². The highest BCUT2D eigenvalue weighted by atomic mass is 28.3. The molecule has 0 unspecified atom stereocenters. The van der Waals surface area contributed by atoms with Gasteiger partial charge in [-0.05, 0) is 5.92 Å². The molecule has 140 valence electrons. The van der Waals surface area contributed by atoms with E-state index in [1.165, 1.54) is 13.2 Å². The summed E-state index contributed by atoms with van der Waals surface area (Å²) in [5.41, 5.74) is 0. The van der Waals surface area contributed by atoms with E-state index in [1.807, 2.05) is 0 Å². The van der Waals surface area contributed by atoms with Gasteiger partial charge in [0.2, 0.25) is 0 Å². The highest BCUT2D eigenvalue weighted by Crippen LogP contribution is 2.25. The van der Waals surface area contributed by atoms with Crippen molar-refractivity contribution < 1.29 is 28.5 Å². The lowest BCUT2D eigenvalue weighted by Gasteiger charge is -2.25. The van der Waals surface area contributed by atoms with Crippen molar-refractivity contribution in [1.29, 1.82) is 0 Å². The van der Waals surface area contributed by atoms with Crippen molar-refractivity contribution in [2.45, 2.75) is 39.4 Å². The molecule has 6 nitrogen and oxygen atoms in total. The summed E-state index contributed by atoms with van der Waals surface area (Å²) in [7, 11) is 0.957. The molecular formula is C17H32O6Si. The van der Waals surface area contributed by atoms with Crippen molar-refractivity contribution in [3.8, 4) is 0 Å². The van der Waals surface area contributed by atoms with Crippen molar-refractivity contribution in [3.63, 3.8) is 0 Å².